The van der Waals surface area contributed by atoms with E-state index in [4.69, 9.17) is 0 Å². The largest absolute Gasteiger partial charge is 0.335 e. The number of hydrogen-bond donors (Lipinski definition) is 2. The molecule has 0 amide bonds. The molecule has 0 bridgehead atoms. The number of Topliss-reactive ketones (excluding diaryl/α,β-unsaturated/α-hetero) is 1. The number of benzene rings is 2. The maximum absolute atomic E-state index is 13.9. The van der Waals surface area contributed by atoms with Crippen molar-refractivity contribution in [2.75, 3.05) is 5.75 Å². The van der Waals surface area contributed by atoms with Crippen LogP contribution in [0, 0.1) is 11.6 Å². The van der Waals surface area contributed by atoms with E-state index in [1.807, 2.05) is 24.3 Å². The summed E-state index contributed by atoms with van der Waals surface area (Å²) in [5.41, 5.74) is 0.753. The van der Waals surface area contributed by atoms with Crippen molar-refractivity contribution in [2.24, 2.45) is 0 Å². The SMILES string of the molecule is O=C(CCCSc1nc2c(F)cc(F)cc2c(=O)[nH]1)c1nc2ccccc2[nH]1. The number of carbonyl (C=O) groups is 1. The highest BCUT2D eigenvalue weighted by Crippen LogP contribution is 2.20. The molecule has 2 aromatic heterocycles. The van der Waals surface area contributed by atoms with E-state index in [-0.39, 0.29) is 28.3 Å². The first kappa shape index (κ1) is 18.3. The van der Waals surface area contributed by atoms with E-state index in [9.17, 15) is 18.4 Å². The maximum Gasteiger partial charge on any atom is 0.259 e. The molecule has 2 heterocycles. The molecule has 28 heavy (non-hydrogen) atoms. The highest BCUT2D eigenvalue weighted by molar-refractivity contribution is 7.99. The number of aromatic nitrogens is 4. The minimum atomic E-state index is -0.886. The number of ketones is 1. The third-order valence-corrected chi connectivity index (χ3v) is 5.11. The zero-order valence-corrected chi connectivity index (χ0v) is 15.3. The molecule has 4 aromatic rings. The smallest absolute Gasteiger partial charge is 0.259 e. The third-order valence-electron chi connectivity index (χ3n) is 4.15. The Balaban J connectivity index is 1.40. The first-order valence-electron chi connectivity index (χ1n) is 8.51. The molecule has 0 unspecified atom stereocenters. The summed E-state index contributed by atoms with van der Waals surface area (Å²) >= 11 is 1.19. The number of halogens is 2. The van der Waals surface area contributed by atoms with Gasteiger partial charge in [0.25, 0.3) is 5.56 Å². The Morgan fingerprint density at radius 2 is 1.93 bits per heavy atom. The molecule has 0 aliphatic rings. The van der Waals surface area contributed by atoms with Gasteiger partial charge in [0, 0.05) is 18.2 Å². The number of nitrogens with zero attached hydrogens (tertiary/aromatic N) is 2. The fraction of sp³-hybridized carbons (Fsp3) is 0.158. The summed E-state index contributed by atoms with van der Waals surface area (Å²) in [4.78, 5) is 38.1. The molecule has 0 atom stereocenters. The lowest BCUT2D eigenvalue weighted by molar-refractivity contribution is 0.0973. The minimum Gasteiger partial charge on any atom is -0.335 e. The van der Waals surface area contributed by atoms with Crippen molar-refractivity contribution < 1.29 is 13.6 Å². The summed E-state index contributed by atoms with van der Waals surface area (Å²) in [5, 5.41) is 0.0844. The number of para-hydroxylation sites is 2. The van der Waals surface area contributed by atoms with E-state index in [0.29, 0.717) is 24.1 Å². The van der Waals surface area contributed by atoms with E-state index >= 15 is 0 Å². The van der Waals surface area contributed by atoms with Crippen LogP contribution in [0.1, 0.15) is 23.5 Å². The van der Waals surface area contributed by atoms with Crippen LogP contribution in [0.4, 0.5) is 8.78 Å². The second-order valence-corrected chi connectivity index (χ2v) is 7.22. The molecule has 4 rings (SSSR count). The van der Waals surface area contributed by atoms with Gasteiger partial charge in [-0.15, -0.1) is 0 Å². The van der Waals surface area contributed by atoms with E-state index in [1.165, 1.54) is 11.8 Å². The molecule has 2 aromatic carbocycles. The minimum absolute atomic E-state index is 0.113. The van der Waals surface area contributed by atoms with Gasteiger partial charge >= 0.3 is 0 Å². The number of aromatic amines is 2. The highest BCUT2D eigenvalue weighted by Gasteiger charge is 2.13. The third kappa shape index (κ3) is 3.65. The molecular weight excluding hydrogens is 386 g/mol. The molecule has 2 N–H and O–H groups in total. The lowest BCUT2D eigenvalue weighted by Crippen LogP contribution is -2.11. The summed E-state index contributed by atoms with van der Waals surface area (Å²) in [6.45, 7) is 0. The Bertz CT molecular complexity index is 1220. The lowest BCUT2D eigenvalue weighted by atomic mass is 10.2. The number of fused-ring (bicyclic) bond motifs is 2. The molecule has 0 radical (unpaired) electrons. The number of thioether (sulfide) groups is 1. The number of hydrogen-bond acceptors (Lipinski definition) is 5. The fourth-order valence-corrected chi connectivity index (χ4v) is 3.62. The fourth-order valence-electron chi connectivity index (χ4n) is 2.82. The average Bonchev–Trinajstić information content (AvgIpc) is 3.10. The van der Waals surface area contributed by atoms with Crippen LogP contribution in [0.3, 0.4) is 0 Å². The topological polar surface area (TPSA) is 91.5 Å². The van der Waals surface area contributed by atoms with E-state index in [1.54, 1.807) is 0 Å². The summed E-state index contributed by atoms with van der Waals surface area (Å²) in [6.07, 6.45) is 0.790. The van der Waals surface area contributed by atoms with Gasteiger partial charge in [-0.3, -0.25) is 9.59 Å². The van der Waals surface area contributed by atoms with Gasteiger partial charge in [0.2, 0.25) is 0 Å². The molecule has 9 heteroatoms. The summed E-state index contributed by atoms with van der Waals surface area (Å²) in [5.74, 6) is -1.03. The molecule has 0 spiro atoms. The Hall–Kier alpha value is -3.07. The normalized spacial score (nSPS) is 11.4. The molecular formula is C19H14F2N4O2S. The first-order chi connectivity index (χ1) is 13.5. The second kappa shape index (κ2) is 7.51. The van der Waals surface area contributed by atoms with Crippen LogP contribution >= 0.6 is 11.8 Å². The number of H-pyrrole nitrogens is 2. The quantitative estimate of drug-likeness (QED) is 0.222. The second-order valence-electron chi connectivity index (χ2n) is 6.13. The van der Waals surface area contributed by atoms with Crippen LogP contribution in [0.2, 0.25) is 0 Å². The Morgan fingerprint density at radius 1 is 1.11 bits per heavy atom. The number of carbonyl (C=O) groups excluding carboxylic acids is 1. The van der Waals surface area contributed by atoms with Crippen molar-refractivity contribution in [3.05, 3.63) is 64.2 Å². The monoisotopic (exact) mass is 400 g/mol. The predicted octanol–water partition coefficient (Wildman–Crippen LogP) is 3.83. The van der Waals surface area contributed by atoms with Crippen molar-refractivity contribution in [2.45, 2.75) is 18.0 Å². The van der Waals surface area contributed by atoms with Gasteiger partial charge in [-0.05, 0) is 24.6 Å². The average molecular weight is 400 g/mol. The Labute approximate surface area is 161 Å². The van der Waals surface area contributed by atoms with Crippen LogP contribution in [0.15, 0.2) is 46.3 Å². The number of rotatable bonds is 6. The van der Waals surface area contributed by atoms with Gasteiger partial charge in [0.1, 0.15) is 11.3 Å². The first-order valence-corrected chi connectivity index (χ1v) is 9.49. The van der Waals surface area contributed by atoms with Crippen molar-refractivity contribution in [3.8, 4) is 0 Å². The maximum atomic E-state index is 13.9. The Morgan fingerprint density at radius 3 is 2.75 bits per heavy atom. The van der Waals surface area contributed by atoms with Crippen molar-refractivity contribution in [3.63, 3.8) is 0 Å². The number of nitrogens with one attached hydrogen (secondary N) is 2. The lowest BCUT2D eigenvalue weighted by Gasteiger charge is -2.04. The summed E-state index contributed by atoms with van der Waals surface area (Å²) < 4.78 is 27.1. The molecule has 142 valence electrons. The zero-order chi connectivity index (χ0) is 19.7. The van der Waals surface area contributed by atoms with Crippen molar-refractivity contribution in [1.82, 2.24) is 19.9 Å². The van der Waals surface area contributed by atoms with Crippen LogP contribution in [-0.2, 0) is 0 Å². The zero-order valence-electron chi connectivity index (χ0n) is 14.5. The molecule has 0 saturated heterocycles. The molecule has 0 aliphatic heterocycles. The molecule has 0 aliphatic carbocycles. The van der Waals surface area contributed by atoms with Crippen LogP contribution in [-0.4, -0.2) is 31.5 Å². The molecule has 0 fully saturated rings. The van der Waals surface area contributed by atoms with Crippen LogP contribution in [0.5, 0.6) is 0 Å². The highest BCUT2D eigenvalue weighted by atomic mass is 32.2. The van der Waals surface area contributed by atoms with Crippen molar-refractivity contribution in [1.29, 1.82) is 0 Å². The van der Waals surface area contributed by atoms with Crippen molar-refractivity contribution >= 4 is 39.5 Å². The summed E-state index contributed by atoms with van der Waals surface area (Å²) in [7, 11) is 0. The molecule has 0 saturated carbocycles. The van der Waals surface area contributed by atoms with Crippen LogP contribution < -0.4 is 5.56 Å². The van der Waals surface area contributed by atoms with Gasteiger partial charge in [0.15, 0.2) is 22.6 Å². The van der Waals surface area contributed by atoms with Gasteiger partial charge in [0.05, 0.1) is 16.4 Å². The van der Waals surface area contributed by atoms with E-state index < -0.39 is 17.2 Å². The summed E-state index contributed by atoms with van der Waals surface area (Å²) in [6, 6.07) is 9.02. The van der Waals surface area contributed by atoms with Crippen LogP contribution in [0.25, 0.3) is 21.9 Å². The van der Waals surface area contributed by atoms with Gasteiger partial charge in [-0.2, -0.15) is 0 Å². The Kier molecular flexibility index (Phi) is 4.91. The standard InChI is InChI=1S/C19H14F2N4O2S/c20-10-8-11-16(12(21)9-10)24-19(25-18(11)27)28-7-3-6-15(26)17-22-13-4-1-2-5-14(13)23-17/h1-2,4-5,8-9H,3,6-7H2,(H,22,23)(H,24,25,27). The van der Waals surface area contributed by atoms with Gasteiger partial charge in [-0.25, -0.2) is 18.7 Å². The van der Waals surface area contributed by atoms with E-state index in [2.05, 4.69) is 19.9 Å². The number of imidazole rings is 1. The predicted molar refractivity (Wildman–Crippen MR) is 103 cm³/mol. The van der Waals surface area contributed by atoms with Gasteiger partial charge in [-0.1, -0.05) is 23.9 Å². The van der Waals surface area contributed by atoms with E-state index in [0.717, 1.165) is 17.1 Å². The van der Waals surface area contributed by atoms with Gasteiger partial charge < -0.3 is 9.97 Å². The molecule has 6 nitrogen and oxygen atoms in total.